The molecule has 0 unspecified atom stereocenters. The van der Waals surface area contributed by atoms with Gasteiger partial charge in [-0.2, -0.15) is 0 Å². The Bertz CT molecular complexity index is 1120. The van der Waals surface area contributed by atoms with Gasteiger partial charge in [-0.1, -0.05) is 25.2 Å². The van der Waals surface area contributed by atoms with Gasteiger partial charge in [0.15, 0.2) is 16.0 Å². The summed E-state index contributed by atoms with van der Waals surface area (Å²) in [5.41, 5.74) is 1.46. The van der Waals surface area contributed by atoms with E-state index in [1.54, 1.807) is 17.5 Å². The molecule has 0 saturated heterocycles. The topological polar surface area (TPSA) is 101 Å². The van der Waals surface area contributed by atoms with Crippen molar-refractivity contribution in [2.75, 3.05) is 10.0 Å². The molecule has 28 heavy (non-hydrogen) atoms. The number of sulfonamides is 1. The standard InChI is InChI=1S/C18H18N4O3S3/c1-18(2)9-13-15(14(23)10-18)27-17(21-13)20-11-3-5-12(6-4-11)28(24,25)22-16-19-7-8-26-16/h3-8H,9-10H2,1-2H3,(H,19,22)(H,20,21). The molecule has 0 aliphatic heterocycles. The number of hydrogen-bond acceptors (Lipinski definition) is 8. The molecule has 2 N–H and O–H groups in total. The molecule has 1 aromatic carbocycles. The molecule has 1 aliphatic rings. The van der Waals surface area contributed by atoms with Crippen LogP contribution in [0.5, 0.6) is 0 Å². The summed E-state index contributed by atoms with van der Waals surface area (Å²) in [5, 5.41) is 5.82. The minimum absolute atomic E-state index is 0.0736. The maximum absolute atomic E-state index is 12.4. The third-order valence-electron chi connectivity index (χ3n) is 4.31. The highest BCUT2D eigenvalue weighted by molar-refractivity contribution is 7.93. The van der Waals surface area contributed by atoms with Gasteiger partial charge in [0.25, 0.3) is 10.0 Å². The van der Waals surface area contributed by atoms with Crippen LogP contribution < -0.4 is 10.0 Å². The number of ketones is 1. The summed E-state index contributed by atoms with van der Waals surface area (Å²) in [4.78, 5) is 21.7. The van der Waals surface area contributed by atoms with Crippen LogP contribution in [0.25, 0.3) is 0 Å². The lowest BCUT2D eigenvalue weighted by Gasteiger charge is -2.26. The molecule has 3 aromatic rings. The molecule has 2 aromatic heterocycles. The normalized spacial score (nSPS) is 15.9. The fraction of sp³-hybridized carbons (Fsp3) is 0.278. The van der Waals surface area contributed by atoms with E-state index in [0.29, 0.717) is 27.2 Å². The van der Waals surface area contributed by atoms with Gasteiger partial charge in [-0.25, -0.2) is 18.4 Å². The molecule has 0 fully saturated rings. The minimum Gasteiger partial charge on any atom is -0.332 e. The molecule has 146 valence electrons. The number of rotatable bonds is 5. The highest BCUT2D eigenvalue weighted by atomic mass is 32.2. The molecule has 1 aliphatic carbocycles. The van der Waals surface area contributed by atoms with E-state index in [0.717, 1.165) is 12.1 Å². The maximum Gasteiger partial charge on any atom is 0.263 e. The summed E-state index contributed by atoms with van der Waals surface area (Å²) in [6.45, 7) is 4.14. The zero-order valence-electron chi connectivity index (χ0n) is 15.2. The third kappa shape index (κ3) is 3.94. The Morgan fingerprint density at radius 1 is 1.11 bits per heavy atom. The predicted molar refractivity (Wildman–Crippen MR) is 111 cm³/mol. The van der Waals surface area contributed by atoms with Gasteiger partial charge < -0.3 is 5.32 Å². The van der Waals surface area contributed by atoms with Crippen molar-refractivity contribution in [3.8, 4) is 0 Å². The molecule has 0 amide bonds. The van der Waals surface area contributed by atoms with Crippen LogP contribution >= 0.6 is 22.7 Å². The molecule has 7 nitrogen and oxygen atoms in total. The van der Waals surface area contributed by atoms with Gasteiger partial charge in [-0.05, 0) is 36.1 Å². The second-order valence-electron chi connectivity index (χ2n) is 7.33. The second-order valence-corrected chi connectivity index (χ2v) is 10.9. The lowest BCUT2D eigenvalue weighted by Crippen LogP contribution is -2.25. The molecule has 10 heteroatoms. The first-order chi connectivity index (χ1) is 13.2. The molecule has 4 rings (SSSR count). The smallest absolute Gasteiger partial charge is 0.263 e. The van der Waals surface area contributed by atoms with Gasteiger partial charge in [0.1, 0.15) is 0 Å². The number of anilines is 3. The van der Waals surface area contributed by atoms with E-state index in [1.807, 2.05) is 0 Å². The Labute approximate surface area is 170 Å². The Balaban J connectivity index is 1.51. The number of hydrogen-bond donors (Lipinski definition) is 2. The average molecular weight is 435 g/mol. The summed E-state index contributed by atoms with van der Waals surface area (Å²) in [6.07, 6.45) is 2.83. The summed E-state index contributed by atoms with van der Waals surface area (Å²) in [7, 11) is -3.68. The van der Waals surface area contributed by atoms with Crippen LogP contribution in [0.15, 0.2) is 40.7 Å². The molecular formula is C18H18N4O3S3. The van der Waals surface area contributed by atoms with E-state index < -0.39 is 10.0 Å². The molecule has 0 atom stereocenters. The molecule has 0 bridgehead atoms. The Kier molecular flexibility index (Phi) is 4.72. The van der Waals surface area contributed by atoms with Gasteiger partial charge >= 0.3 is 0 Å². The van der Waals surface area contributed by atoms with Crippen molar-refractivity contribution >= 4 is 54.4 Å². The Hall–Kier alpha value is -2.30. The fourth-order valence-electron chi connectivity index (χ4n) is 3.06. The molecular weight excluding hydrogens is 416 g/mol. The molecule has 0 spiro atoms. The summed E-state index contributed by atoms with van der Waals surface area (Å²) in [5.74, 6) is 0.131. The Morgan fingerprint density at radius 3 is 2.54 bits per heavy atom. The van der Waals surface area contributed by atoms with Crippen LogP contribution in [-0.4, -0.2) is 24.2 Å². The number of thiazole rings is 2. The number of nitrogens with zero attached hydrogens (tertiary/aromatic N) is 2. The van der Waals surface area contributed by atoms with E-state index in [1.165, 1.54) is 41.0 Å². The quantitative estimate of drug-likeness (QED) is 0.621. The summed E-state index contributed by atoms with van der Waals surface area (Å²) >= 11 is 2.56. The van der Waals surface area contributed by atoms with Crippen molar-refractivity contribution < 1.29 is 13.2 Å². The van der Waals surface area contributed by atoms with E-state index in [9.17, 15) is 13.2 Å². The van der Waals surface area contributed by atoms with E-state index in [-0.39, 0.29) is 16.1 Å². The van der Waals surface area contributed by atoms with Gasteiger partial charge in [0.2, 0.25) is 0 Å². The number of fused-ring (bicyclic) bond motifs is 1. The van der Waals surface area contributed by atoms with E-state index in [4.69, 9.17) is 0 Å². The van der Waals surface area contributed by atoms with Crippen molar-refractivity contribution in [2.24, 2.45) is 5.41 Å². The van der Waals surface area contributed by atoms with Crippen molar-refractivity contribution in [3.05, 3.63) is 46.4 Å². The number of aromatic nitrogens is 2. The number of carbonyl (C=O) groups excluding carboxylic acids is 1. The van der Waals surface area contributed by atoms with E-state index >= 15 is 0 Å². The number of benzene rings is 1. The van der Waals surface area contributed by atoms with Gasteiger partial charge in [0, 0.05) is 23.7 Å². The molecule has 0 saturated carbocycles. The zero-order valence-corrected chi connectivity index (χ0v) is 17.7. The van der Waals surface area contributed by atoms with Crippen molar-refractivity contribution in [3.63, 3.8) is 0 Å². The second kappa shape index (κ2) is 6.94. The van der Waals surface area contributed by atoms with Crippen LogP contribution in [-0.2, 0) is 16.4 Å². The first-order valence-corrected chi connectivity index (χ1v) is 11.7. The first-order valence-electron chi connectivity index (χ1n) is 8.54. The largest absolute Gasteiger partial charge is 0.332 e. The van der Waals surface area contributed by atoms with E-state index in [2.05, 4.69) is 33.9 Å². The maximum atomic E-state index is 12.4. The fourth-order valence-corrected chi connectivity index (χ4v) is 5.79. The Morgan fingerprint density at radius 2 is 1.86 bits per heavy atom. The van der Waals surface area contributed by atoms with Gasteiger partial charge in [0.05, 0.1) is 15.5 Å². The molecule has 2 heterocycles. The van der Waals surface area contributed by atoms with Crippen LogP contribution in [0.2, 0.25) is 0 Å². The van der Waals surface area contributed by atoms with Crippen molar-refractivity contribution in [1.29, 1.82) is 0 Å². The highest BCUT2D eigenvalue weighted by Gasteiger charge is 2.33. The number of nitrogens with one attached hydrogen (secondary N) is 2. The van der Waals surface area contributed by atoms with Crippen molar-refractivity contribution in [2.45, 2.75) is 31.6 Å². The molecule has 0 radical (unpaired) electrons. The van der Waals surface area contributed by atoms with Crippen LogP contribution in [0.4, 0.5) is 16.0 Å². The monoisotopic (exact) mass is 434 g/mol. The van der Waals surface area contributed by atoms with Gasteiger partial charge in [-0.15, -0.1) is 11.3 Å². The highest BCUT2D eigenvalue weighted by Crippen LogP contribution is 2.39. The third-order valence-corrected chi connectivity index (χ3v) is 7.53. The van der Waals surface area contributed by atoms with Crippen LogP contribution in [0.1, 0.15) is 35.6 Å². The predicted octanol–water partition coefficient (Wildman–Crippen LogP) is 4.30. The number of carbonyl (C=O) groups is 1. The van der Waals surface area contributed by atoms with Crippen LogP contribution in [0.3, 0.4) is 0 Å². The lowest BCUT2D eigenvalue weighted by atomic mass is 9.78. The summed E-state index contributed by atoms with van der Waals surface area (Å²) in [6, 6.07) is 6.37. The first kappa shape index (κ1) is 19.0. The zero-order chi connectivity index (χ0) is 19.9. The minimum atomic E-state index is -3.68. The SMILES string of the molecule is CC1(C)CC(=O)c2sc(Nc3ccc(S(=O)(=O)Nc4nccs4)cc3)nc2C1. The average Bonchev–Trinajstić information content (AvgIpc) is 3.23. The van der Waals surface area contributed by atoms with Crippen molar-refractivity contribution in [1.82, 2.24) is 9.97 Å². The number of Topliss-reactive ketones (excluding diaryl/α,β-unsaturated/α-hetero) is 1. The lowest BCUT2D eigenvalue weighted by molar-refractivity contribution is 0.0916. The van der Waals surface area contributed by atoms with Crippen LogP contribution in [0, 0.1) is 5.41 Å². The summed E-state index contributed by atoms with van der Waals surface area (Å²) < 4.78 is 27.2. The van der Waals surface area contributed by atoms with Gasteiger partial charge in [-0.3, -0.25) is 9.52 Å².